The van der Waals surface area contributed by atoms with Crippen LogP contribution < -0.4 is 4.72 Å². The van der Waals surface area contributed by atoms with E-state index in [1.165, 1.54) is 0 Å². The normalized spacial score (nSPS) is 20.3. The van der Waals surface area contributed by atoms with E-state index in [9.17, 15) is 26.7 Å². The first-order valence-electron chi connectivity index (χ1n) is 8.26. The standard InChI is InChI=1S/C15H22N2O8S2/c18-15(19)14-8-4-5-9-17(14)26(20,21)16-13(11-25-27(22,23)24)10-12-6-2-1-3-7-12/h1-3,6-7,13-14,16H,4-5,8-11H2,(H,18,19)(H,22,23,24)/t13?,14-/m0/s1. The van der Waals surface area contributed by atoms with Crippen LogP contribution in [0, 0.1) is 0 Å². The summed E-state index contributed by atoms with van der Waals surface area (Å²) in [7, 11) is -8.98. The summed E-state index contributed by atoms with van der Waals surface area (Å²) >= 11 is 0. The Hall–Kier alpha value is -1.57. The number of hydrogen-bond donors (Lipinski definition) is 3. The fraction of sp³-hybridized carbons (Fsp3) is 0.533. The number of carboxylic acid groups (broad SMARTS) is 1. The molecule has 0 bridgehead atoms. The van der Waals surface area contributed by atoms with E-state index in [0.29, 0.717) is 18.4 Å². The number of nitrogens with zero attached hydrogens (tertiary/aromatic N) is 1. The molecule has 152 valence electrons. The van der Waals surface area contributed by atoms with Gasteiger partial charge in [-0.3, -0.25) is 9.35 Å². The quantitative estimate of drug-likeness (QED) is 0.477. The maximum atomic E-state index is 12.7. The molecule has 1 fully saturated rings. The van der Waals surface area contributed by atoms with Crippen molar-refractivity contribution < 1.29 is 35.5 Å². The maximum absolute atomic E-state index is 12.7. The van der Waals surface area contributed by atoms with Crippen molar-refractivity contribution in [1.29, 1.82) is 0 Å². The van der Waals surface area contributed by atoms with Crippen molar-refractivity contribution in [3.05, 3.63) is 35.9 Å². The third-order valence-electron chi connectivity index (χ3n) is 4.11. The summed E-state index contributed by atoms with van der Waals surface area (Å²) in [5.41, 5.74) is 0.706. The number of carbonyl (C=O) groups is 1. The summed E-state index contributed by atoms with van der Waals surface area (Å²) in [6, 6.07) is 6.45. The van der Waals surface area contributed by atoms with Gasteiger partial charge in [0.15, 0.2) is 0 Å². The molecule has 0 aliphatic carbocycles. The van der Waals surface area contributed by atoms with E-state index in [1.54, 1.807) is 30.3 Å². The lowest BCUT2D eigenvalue weighted by Gasteiger charge is -2.33. The zero-order valence-electron chi connectivity index (χ0n) is 14.4. The molecule has 1 heterocycles. The third-order valence-corrected chi connectivity index (χ3v) is 6.23. The van der Waals surface area contributed by atoms with Gasteiger partial charge in [-0.2, -0.15) is 25.9 Å². The summed E-state index contributed by atoms with van der Waals surface area (Å²) in [6.07, 6.45) is 1.40. The Labute approximate surface area is 158 Å². The number of rotatable bonds is 9. The maximum Gasteiger partial charge on any atom is 0.397 e. The molecule has 0 radical (unpaired) electrons. The van der Waals surface area contributed by atoms with Crippen molar-refractivity contribution in [3.8, 4) is 0 Å². The van der Waals surface area contributed by atoms with E-state index < -0.39 is 45.3 Å². The summed E-state index contributed by atoms with van der Waals surface area (Å²) in [5.74, 6) is -1.24. The largest absolute Gasteiger partial charge is 0.480 e. The van der Waals surface area contributed by atoms with E-state index in [4.69, 9.17) is 4.55 Å². The van der Waals surface area contributed by atoms with Gasteiger partial charge in [0.1, 0.15) is 6.04 Å². The van der Waals surface area contributed by atoms with Crippen LogP contribution in [0.15, 0.2) is 30.3 Å². The summed E-state index contributed by atoms with van der Waals surface area (Å²) in [5, 5.41) is 9.28. The SMILES string of the molecule is O=C(O)[C@@H]1CCCCN1S(=O)(=O)NC(COS(=O)(=O)O)Cc1ccccc1. The Bertz CT molecular complexity index is 842. The van der Waals surface area contributed by atoms with Crippen LogP contribution in [-0.4, -0.2) is 62.0 Å². The average molecular weight is 422 g/mol. The molecule has 1 aliphatic heterocycles. The van der Waals surface area contributed by atoms with Gasteiger partial charge < -0.3 is 5.11 Å². The predicted octanol–water partition coefficient (Wildman–Crippen LogP) is 0.191. The molecule has 3 N–H and O–H groups in total. The first kappa shape index (κ1) is 21.7. The number of hydrogen-bond acceptors (Lipinski definition) is 6. The smallest absolute Gasteiger partial charge is 0.397 e. The van der Waals surface area contributed by atoms with Crippen LogP contribution in [-0.2, 0) is 36.0 Å². The molecule has 1 aromatic carbocycles. The molecule has 1 unspecified atom stereocenters. The van der Waals surface area contributed by atoms with Crippen LogP contribution in [0.25, 0.3) is 0 Å². The van der Waals surface area contributed by atoms with E-state index in [-0.39, 0.29) is 19.4 Å². The molecule has 12 heteroatoms. The van der Waals surface area contributed by atoms with Crippen LogP contribution in [0.2, 0.25) is 0 Å². The highest BCUT2D eigenvalue weighted by Gasteiger charge is 2.37. The van der Waals surface area contributed by atoms with Gasteiger partial charge in [-0.25, -0.2) is 4.18 Å². The molecule has 10 nitrogen and oxygen atoms in total. The van der Waals surface area contributed by atoms with Crippen molar-refractivity contribution in [2.75, 3.05) is 13.2 Å². The minimum Gasteiger partial charge on any atom is -0.480 e. The van der Waals surface area contributed by atoms with Gasteiger partial charge in [-0.15, -0.1) is 0 Å². The van der Waals surface area contributed by atoms with Gasteiger partial charge in [0.05, 0.1) is 12.6 Å². The van der Waals surface area contributed by atoms with Crippen LogP contribution in [0.3, 0.4) is 0 Å². The highest BCUT2D eigenvalue weighted by Crippen LogP contribution is 2.20. The van der Waals surface area contributed by atoms with Gasteiger partial charge >= 0.3 is 16.4 Å². The van der Waals surface area contributed by atoms with E-state index in [1.807, 2.05) is 0 Å². The molecular formula is C15H22N2O8S2. The van der Waals surface area contributed by atoms with Crippen molar-refractivity contribution in [3.63, 3.8) is 0 Å². The molecule has 1 saturated heterocycles. The van der Waals surface area contributed by atoms with Crippen LogP contribution in [0.1, 0.15) is 24.8 Å². The number of carboxylic acids is 1. The minimum absolute atomic E-state index is 0.0452. The Kier molecular flexibility index (Phi) is 7.31. The molecule has 0 saturated carbocycles. The first-order valence-corrected chi connectivity index (χ1v) is 11.1. The summed E-state index contributed by atoms with van der Waals surface area (Å²) in [6.45, 7) is -0.595. The summed E-state index contributed by atoms with van der Waals surface area (Å²) in [4.78, 5) is 11.4. The lowest BCUT2D eigenvalue weighted by atomic mass is 10.1. The molecule has 2 rings (SSSR count). The van der Waals surface area contributed by atoms with Crippen LogP contribution in [0.4, 0.5) is 0 Å². The monoisotopic (exact) mass is 422 g/mol. The van der Waals surface area contributed by atoms with Crippen molar-refractivity contribution >= 4 is 26.6 Å². The molecule has 1 aromatic rings. The number of aliphatic carboxylic acids is 1. The highest BCUT2D eigenvalue weighted by atomic mass is 32.3. The lowest BCUT2D eigenvalue weighted by molar-refractivity contribution is -0.142. The van der Waals surface area contributed by atoms with Crippen LogP contribution in [0.5, 0.6) is 0 Å². The topological polar surface area (TPSA) is 150 Å². The second-order valence-electron chi connectivity index (χ2n) is 6.18. The second-order valence-corrected chi connectivity index (χ2v) is 8.93. The molecule has 0 amide bonds. The zero-order chi connectivity index (χ0) is 20.1. The van der Waals surface area contributed by atoms with Gasteiger partial charge in [-0.1, -0.05) is 30.3 Å². The van der Waals surface area contributed by atoms with Gasteiger partial charge in [0, 0.05) is 6.54 Å². The zero-order valence-corrected chi connectivity index (χ0v) is 16.0. The van der Waals surface area contributed by atoms with Crippen molar-refractivity contribution in [2.45, 2.75) is 37.8 Å². The van der Waals surface area contributed by atoms with E-state index in [0.717, 1.165) is 4.31 Å². The Morgan fingerprint density at radius 3 is 2.48 bits per heavy atom. The van der Waals surface area contributed by atoms with Gasteiger partial charge in [-0.05, 0) is 31.2 Å². The predicted molar refractivity (Wildman–Crippen MR) is 95.5 cm³/mol. The minimum atomic E-state index is -4.76. The van der Waals surface area contributed by atoms with E-state index >= 15 is 0 Å². The Balaban J connectivity index is 2.19. The lowest BCUT2D eigenvalue weighted by Crippen LogP contribution is -2.55. The van der Waals surface area contributed by atoms with Gasteiger partial charge in [0.25, 0.3) is 10.2 Å². The average Bonchev–Trinajstić information content (AvgIpc) is 2.60. The highest BCUT2D eigenvalue weighted by molar-refractivity contribution is 7.87. The molecule has 0 aromatic heterocycles. The molecule has 27 heavy (non-hydrogen) atoms. The fourth-order valence-corrected chi connectivity index (χ4v) is 4.86. The molecule has 2 atom stereocenters. The van der Waals surface area contributed by atoms with Gasteiger partial charge in [0.2, 0.25) is 0 Å². The van der Waals surface area contributed by atoms with Crippen molar-refractivity contribution in [2.24, 2.45) is 0 Å². The third kappa shape index (κ3) is 6.83. The number of benzene rings is 1. The van der Waals surface area contributed by atoms with E-state index in [2.05, 4.69) is 8.91 Å². The fourth-order valence-electron chi connectivity index (χ4n) is 2.92. The molecular weight excluding hydrogens is 400 g/mol. The molecule has 1 aliphatic rings. The Morgan fingerprint density at radius 2 is 1.89 bits per heavy atom. The molecule has 0 spiro atoms. The number of piperidine rings is 1. The summed E-state index contributed by atoms with van der Waals surface area (Å²) < 4.78 is 63.4. The second kappa shape index (κ2) is 9.08. The first-order chi connectivity index (χ1) is 12.6. The number of nitrogens with one attached hydrogen (secondary N) is 1. The van der Waals surface area contributed by atoms with Crippen molar-refractivity contribution in [1.82, 2.24) is 9.03 Å². The Morgan fingerprint density at radius 1 is 1.22 bits per heavy atom. The van der Waals surface area contributed by atoms with Crippen LogP contribution >= 0.6 is 0 Å².